The standard InChI is InChI=1S/C21H23F2NO4/c1-14(2)16-5-7-17(8-6-16)20(26)27-13-19(25)24-12-11-15-3-9-18(10-4-15)28-21(22)23/h3-10,14,21H,11-13H2,1-2H3,(H,24,25). The van der Waals surface area contributed by atoms with Crippen LogP contribution < -0.4 is 10.1 Å². The molecule has 2 aromatic rings. The van der Waals surface area contributed by atoms with Gasteiger partial charge in [0.05, 0.1) is 5.56 Å². The Balaban J connectivity index is 1.70. The van der Waals surface area contributed by atoms with Crippen molar-refractivity contribution in [2.24, 2.45) is 0 Å². The molecule has 2 aromatic carbocycles. The topological polar surface area (TPSA) is 64.6 Å². The number of carbonyl (C=O) groups excluding carboxylic acids is 2. The molecule has 0 aliphatic rings. The van der Waals surface area contributed by atoms with E-state index in [2.05, 4.69) is 23.9 Å². The Morgan fingerprint density at radius 1 is 1.00 bits per heavy atom. The van der Waals surface area contributed by atoms with Crippen LogP contribution in [0.25, 0.3) is 0 Å². The number of benzene rings is 2. The second kappa shape index (κ2) is 10.4. The summed E-state index contributed by atoms with van der Waals surface area (Å²) in [5.41, 5.74) is 2.36. The SMILES string of the molecule is CC(C)c1ccc(C(=O)OCC(=O)NCCc2ccc(OC(F)F)cc2)cc1. The third-order valence-electron chi connectivity index (χ3n) is 4.03. The molecule has 28 heavy (non-hydrogen) atoms. The first-order valence-corrected chi connectivity index (χ1v) is 8.92. The van der Waals surface area contributed by atoms with Gasteiger partial charge in [-0.05, 0) is 47.7 Å². The van der Waals surface area contributed by atoms with Crippen molar-refractivity contribution < 1.29 is 27.8 Å². The molecule has 0 aromatic heterocycles. The first kappa shape index (κ1) is 21.3. The van der Waals surface area contributed by atoms with Gasteiger partial charge in [-0.25, -0.2) is 4.79 Å². The molecule has 150 valence electrons. The fourth-order valence-electron chi connectivity index (χ4n) is 2.45. The van der Waals surface area contributed by atoms with Gasteiger partial charge in [0.25, 0.3) is 5.91 Å². The highest BCUT2D eigenvalue weighted by Gasteiger charge is 2.11. The number of alkyl halides is 2. The molecule has 0 spiro atoms. The number of amides is 1. The number of esters is 1. The molecule has 1 N–H and O–H groups in total. The molecule has 0 aliphatic carbocycles. The third kappa shape index (κ3) is 6.98. The quantitative estimate of drug-likeness (QED) is 0.658. The van der Waals surface area contributed by atoms with E-state index in [1.165, 1.54) is 12.1 Å². The summed E-state index contributed by atoms with van der Waals surface area (Å²) in [6, 6.07) is 13.2. The summed E-state index contributed by atoms with van der Waals surface area (Å²) in [5.74, 6) is -0.523. The van der Waals surface area contributed by atoms with E-state index >= 15 is 0 Å². The molecule has 0 unspecified atom stereocenters. The second-order valence-electron chi connectivity index (χ2n) is 6.48. The average Bonchev–Trinajstić information content (AvgIpc) is 2.67. The molecule has 7 heteroatoms. The lowest BCUT2D eigenvalue weighted by Crippen LogP contribution is -2.30. The van der Waals surface area contributed by atoms with Gasteiger partial charge in [0.1, 0.15) is 5.75 Å². The zero-order chi connectivity index (χ0) is 20.5. The summed E-state index contributed by atoms with van der Waals surface area (Å²) in [6.45, 7) is 1.22. The number of ether oxygens (including phenoxy) is 2. The maximum Gasteiger partial charge on any atom is 0.387 e. The summed E-state index contributed by atoms with van der Waals surface area (Å²) in [4.78, 5) is 23.8. The number of hydrogen-bond donors (Lipinski definition) is 1. The Morgan fingerprint density at radius 3 is 2.21 bits per heavy atom. The van der Waals surface area contributed by atoms with Crippen molar-refractivity contribution in [2.45, 2.75) is 32.8 Å². The molecular weight excluding hydrogens is 368 g/mol. The molecule has 5 nitrogen and oxygen atoms in total. The Hall–Kier alpha value is -2.96. The lowest BCUT2D eigenvalue weighted by Gasteiger charge is -2.09. The van der Waals surface area contributed by atoms with E-state index in [9.17, 15) is 18.4 Å². The molecule has 1 amide bonds. The van der Waals surface area contributed by atoms with E-state index < -0.39 is 18.5 Å². The van der Waals surface area contributed by atoms with Crippen molar-refractivity contribution in [3.05, 3.63) is 65.2 Å². The lowest BCUT2D eigenvalue weighted by atomic mass is 10.0. The van der Waals surface area contributed by atoms with Gasteiger partial charge in [-0.2, -0.15) is 8.78 Å². The number of hydrogen-bond acceptors (Lipinski definition) is 4. The molecule has 0 aliphatic heterocycles. The predicted molar refractivity (Wildman–Crippen MR) is 101 cm³/mol. The van der Waals surface area contributed by atoms with Crippen LogP contribution in [0.2, 0.25) is 0 Å². The zero-order valence-electron chi connectivity index (χ0n) is 15.8. The highest BCUT2D eigenvalue weighted by molar-refractivity contribution is 5.91. The van der Waals surface area contributed by atoms with Crippen LogP contribution in [0.4, 0.5) is 8.78 Å². The van der Waals surface area contributed by atoms with Gasteiger partial charge in [0, 0.05) is 6.54 Å². The molecule has 0 saturated heterocycles. The number of carbonyl (C=O) groups is 2. The highest BCUT2D eigenvalue weighted by Crippen LogP contribution is 2.16. The summed E-state index contributed by atoms with van der Waals surface area (Å²) in [5, 5.41) is 2.64. The van der Waals surface area contributed by atoms with Crippen LogP contribution in [0.5, 0.6) is 5.75 Å². The van der Waals surface area contributed by atoms with Crippen LogP contribution in [0.3, 0.4) is 0 Å². The van der Waals surface area contributed by atoms with Crippen LogP contribution >= 0.6 is 0 Å². The Bertz CT molecular complexity index is 774. The zero-order valence-corrected chi connectivity index (χ0v) is 15.8. The van der Waals surface area contributed by atoms with Crippen LogP contribution in [-0.2, 0) is 16.0 Å². The maximum absolute atomic E-state index is 12.1. The summed E-state index contributed by atoms with van der Waals surface area (Å²) in [6.07, 6.45) is 0.505. The average molecular weight is 391 g/mol. The first-order valence-electron chi connectivity index (χ1n) is 8.92. The van der Waals surface area contributed by atoms with E-state index in [1.54, 1.807) is 24.3 Å². The van der Waals surface area contributed by atoms with Gasteiger partial charge in [-0.3, -0.25) is 4.79 Å². The molecule has 0 fully saturated rings. The van der Waals surface area contributed by atoms with Gasteiger partial charge in [0.15, 0.2) is 6.61 Å². The Morgan fingerprint density at radius 2 is 1.64 bits per heavy atom. The van der Waals surface area contributed by atoms with Gasteiger partial charge >= 0.3 is 12.6 Å². The minimum absolute atomic E-state index is 0.0797. The van der Waals surface area contributed by atoms with Crippen molar-refractivity contribution >= 4 is 11.9 Å². The Labute approximate surface area is 162 Å². The predicted octanol–water partition coefficient (Wildman–Crippen LogP) is 3.93. The van der Waals surface area contributed by atoms with Crippen LogP contribution in [0.1, 0.15) is 41.3 Å². The van der Waals surface area contributed by atoms with E-state index in [1.807, 2.05) is 12.1 Å². The summed E-state index contributed by atoms with van der Waals surface area (Å²) >= 11 is 0. The van der Waals surface area contributed by atoms with E-state index in [4.69, 9.17) is 4.74 Å². The molecule has 2 rings (SSSR count). The molecule has 0 heterocycles. The van der Waals surface area contributed by atoms with Crippen molar-refractivity contribution in [3.8, 4) is 5.75 Å². The number of nitrogens with one attached hydrogen (secondary N) is 1. The fraction of sp³-hybridized carbons (Fsp3) is 0.333. The molecule has 0 atom stereocenters. The monoisotopic (exact) mass is 391 g/mol. The van der Waals surface area contributed by atoms with Gasteiger partial charge in [0.2, 0.25) is 0 Å². The van der Waals surface area contributed by atoms with Gasteiger partial charge in [-0.15, -0.1) is 0 Å². The Kier molecular flexibility index (Phi) is 7.92. The van der Waals surface area contributed by atoms with Gasteiger partial charge < -0.3 is 14.8 Å². The van der Waals surface area contributed by atoms with E-state index in [-0.39, 0.29) is 12.4 Å². The normalized spacial score (nSPS) is 10.8. The van der Waals surface area contributed by atoms with E-state index in [0.29, 0.717) is 24.4 Å². The number of halogens is 2. The summed E-state index contributed by atoms with van der Waals surface area (Å²) < 4.78 is 33.5. The number of rotatable bonds is 9. The van der Waals surface area contributed by atoms with Crippen molar-refractivity contribution in [1.82, 2.24) is 5.32 Å². The minimum Gasteiger partial charge on any atom is -0.452 e. The summed E-state index contributed by atoms with van der Waals surface area (Å²) in [7, 11) is 0. The maximum atomic E-state index is 12.1. The molecule has 0 saturated carbocycles. The van der Waals surface area contributed by atoms with Crippen molar-refractivity contribution in [3.63, 3.8) is 0 Å². The van der Waals surface area contributed by atoms with E-state index in [0.717, 1.165) is 11.1 Å². The smallest absolute Gasteiger partial charge is 0.387 e. The van der Waals surface area contributed by atoms with Gasteiger partial charge in [-0.1, -0.05) is 38.1 Å². The second-order valence-corrected chi connectivity index (χ2v) is 6.48. The largest absolute Gasteiger partial charge is 0.452 e. The molecular formula is C21H23F2NO4. The molecule has 0 bridgehead atoms. The lowest BCUT2D eigenvalue weighted by molar-refractivity contribution is -0.124. The van der Waals surface area contributed by atoms with Crippen LogP contribution in [0.15, 0.2) is 48.5 Å². The van der Waals surface area contributed by atoms with Crippen molar-refractivity contribution in [1.29, 1.82) is 0 Å². The minimum atomic E-state index is -2.86. The third-order valence-corrected chi connectivity index (χ3v) is 4.03. The molecule has 0 radical (unpaired) electrons. The van der Waals surface area contributed by atoms with Crippen LogP contribution in [-0.4, -0.2) is 31.6 Å². The fourth-order valence-corrected chi connectivity index (χ4v) is 2.45. The first-order chi connectivity index (χ1) is 13.3. The highest BCUT2D eigenvalue weighted by atomic mass is 19.3. The van der Waals surface area contributed by atoms with Crippen LogP contribution in [0, 0.1) is 0 Å². The van der Waals surface area contributed by atoms with Crippen molar-refractivity contribution in [2.75, 3.05) is 13.2 Å².